The summed E-state index contributed by atoms with van der Waals surface area (Å²) in [7, 11) is 0. The Bertz CT molecular complexity index is 901. The normalized spacial score (nSPS) is 10.6. The first kappa shape index (κ1) is 18.3. The first-order valence-corrected chi connectivity index (χ1v) is 8.70. The molecule has 136 valence electrons. The second-order valence-electron chi connectivity index (χ2n) is 6.33. The van der Waals surface area contributed by atoms with Crippen LogP contribution in [0.4, 0.5) is 11.4 Å². The number of nitrogens with zero attached hydrogens (tertiary/aromatic N) is 1. The molecule has 0 aliphatic rings. The van der Waals surface area contributed by atoms with E-state index in [0.717, 1.165) is 11.1 Å². The average Bonchev–Trinajstić information content (AvgIpc) is 2.69. The molecule has 5 nitrogen and oxygen atoms in total. The largest absolute Gasteiger partial charge is 0.326 e. The monoisotopic (exact) mass is 360 g/mol. The third-order valence-corrected chi connectivity index (χ3v) is 4.57. The zero-order valence-corrected chi connectivity index (χ0v) is 15.0. The van der Waals surface area contributed by atoms with Crippen LogP contribution in [0.3, 0.4) is 0 Å². The second kappa shape index (κ2) is 8.27. The van der Waals surface area contributed by atoms with E-state index >= 15 is 0 Å². The van der Waals surface area contributed by atoms with Gasteiger partial charge in [-0.25, -0.2) is 0 Å². The van der Waals surface area contributed by atoms with Gasteiger partial charge in [0.15, 0.2) is 0 Å². The maximum atomic E-state index is 12.7. The highest BCUT2D eigenvalue weighted by Crippen LogP contribution is 2.30. The summed E-state index contributed by atoms with van der Waals surface area (Å²) in [6, 6.07) is 24.4. The minimum absolute atomic E-state index is 0.00420. The zero-order valence-electron chi connectivity index (χ0n) is 15.0. The molecule has 0 aromatic heterocycles. The van der Waals surface area contributed by atoms with Gasteiger partial charge in [-0.2, -0.15) is 0 Å². The topological polar surface area (TPSA) is 72.2 Å². The van der Waals surface area contributed by atoms with Crippen molar-refractivity contribution in [1.82, 2.24) is 0 Å². The van der Waals surface area contributed by atoms with Crippen LogP contribution in [0.25, 0.3) is 0 Å². The van der Waals surface area contributed by atoms with E-state index in [1.807, 2.05) is 60.7 Å². The van der Waals surface area contributed by atoms with E-state index in [1.54, 1.807) is 19.1 Å². The molecule has 0 aliphatic heterocycles. The molecule has 0 saturated carbocycles. The van der Waals surface area contributed by atoms with Gasteiger partial charge in [-0.3, -0.25) is 14.9 Å². The van der Waals surface area contributed by atoms with Crippen molar-refractivity contribution in [3.8, 4) is 0 Å². The maximum Gasteiger partial charge on any atom is 0.274 e. The fraction of sp³-hybridized carbons (Fsp3) is 0.136. The number of anilines is 1. The minimum Gasteiger partial charge on any atom is -0.326 e. The molecule has 0 bridgehead atoms. The number of nitro groups is 1. The number of amides is 1. The lowest BCUT2D eigenvalue weighted by Gasteiger charge is -2.18. The highest BCUT2D eigenvalue weighted by atomic mass is 16.6. The number of hydrogen-bond donors (Lipinski definition) is 1. The molecule has 0 spiro atoms. The minimum atomic E-state index is -0.443. The van der Waals surface area contributed by atoms with Crippen molar-refractivity contribution in [1.29, 1.82) is 0 Å². The summed E-state index contributed by atoms with van der Waals surface area (Å²) in [5, 5.41) is 13.9. The molecule has 1 N–H and O–H groups in total. The predicted octanol–water partition coefficient (Wildman–Crippen LogP) is 5.06. The second-order valence-corrected chi connectivity index (χ2v) is 6.33. The van der Waals surface area contributed by atoms with Gasteiger partial charge in [-0.15, -0.1) is 0 Å². The maximum absolute atomic E-state index is 12.7. The van der Waals surface area contributed by atoms with Crippen LogP contribution >= 0.6 is 0 Å². The fourth-order valence-electron chi connectivity index (χ4n) is 3.14. The number of hydrogen-bond acceptors (Lipinski definition) is 3. The summed E-state index contributed by atoms with van der Waals surface area (Å²) in [4.78, 5) is 23.4. The standard InChI is InChI=1S/C22H20N2O3/c1-16-20(13-8-14-21(16)24(26)27)23-22(25)15-19(17-9-4-2-5-10-17)18-11-6-3-7-12-18/h2-14,19H,15H2,1H3,(H,23,25). The molecule has 5 heteroatoms. The Hall–Kier alpha value is -3.47. The molecule has 0 fully saturated rings. The lowest BCUT2D eigenvalue weighted by molar-refractivity contribution is -0.385. The number of carbonyl (C=O) groups excluding carboxylic acids is 1. The third kappa shape index (κ3) is 4.39. The Kier molecular flexibility index (Phi) is 5.61. The molecule has 0 saturated heterocycles. The molecule has 3 aromatic rings. The molecule has 27 heavy (non-hydrogen) atoms. The van der Waals surface area contributed by atoms with E-state index in [-0.39, 0.29) is 23.9 Å². The van der Waals surface area contributed by atoms with Gasteiger partial charge in [0.05, 0.1) is 16.2 Å². The molecule has 3 rings (SSSR count). The molecule has 0 unspecified atom stereocenters. The first-order valence-electron chi connectivity index (χ1n) is 8.70. The van der Waals surface area contributed by atoms with E-state index < -0.39 is 4.92 Å². The van der Waals surface area contributed by atoms with Crippen LogP contribution in [-0.4, -0.2) is 10.8 Å². The Morgan fingerprint density at radius 2 is 1.48 bits per heavy atom. The van der Waals surface area contributed by atoms with Crippen molar-refractivity contribution in [3.05, 3.63) is 106 Å². The van der Waals surface area contributed by atoms with Crippen molar-refractivity contribution in [2.45, 2.75) is 19.3 Å². The summed E-state index contributed by atoms with van der Waals surface area (Å²) in [5.41, 5.74) is 3.01. The van der Waals surface area contributed by atoms with E-state index in [0.29, 0.717) is 11.3 Å². The van der Waals surface area contributed by atoms with Crippen LogP contribution in [0.2, 0.25) is 0 Å². The van der Waals surface area contributed by atoms with E-state index in [1.165, 1.54) is 6.07 Å². The lowest BCUT2D eigenvalue weighted by atomic mass is 9.88. The molecule has 0 radical (unpaired) electrons. The van der Waals surface area contributed by atoms with Crippen molar-refractivity contribution < 1.29 is 9.72 Å². The Labute approximate surface area is 157 Å². The average molecular weight is 360 g/mol. The first-order chi connectivity index (χ1) is 13.1. The van der Waals surface area contributed by atoms with Crippen molar-refractivity contribution in [2.75, 3.05) is 5.32 Å². The number of rotatable bonds is 6. The van der Waals surface area contributed by atoms with Crippen molar-refractivity contribution in [3.63, 3.8) is 0 Å². The van der Waals surface area contributed by atoms with Crippen LogP contribution < -0.4 is 5.32 Å². The summed E-state index contributed by atoms with van der Waals surface area (Å²) in [5.74, 6) is -0.275. The zero-order chi connectivity index (χ0) is 19.2. The molecule has 0 aliphatic carbocycles. The van der Waals surface area contributed by atoms with Gasteiger partial charge in [-0.05, 0) is 24.1 Å². The summed E-state index contributed by atoms with van der Waals surface area (Å²) >= 11 is 0. The SMILES string of the molecule is Cc1c(NC(=O)CC(c2ccccc2)c2ccccc2)cccc1[N+](=O)[O-]. The molecular weight excluding hydrogens is 340 g/mol. The summed E-state index contributed by atoms with van der Waals surface area (Å²) < 4.78 is 0. The highest BCUT2D eigenvalue weighted by Gasteiger charge is 2.20. The summed E-state index contributed by atoms with van der Waals surface area (Å²) in [6.45, 7) is 1.64. The van der Waals surface area contributed by atoms with Crippen LogP contribution in [0.1, 0.15) is 29.0 Å². The molecule has 3 aromatic carbocycles. The Morgan fingerprint density at radius 1 is 0.926 bits per heavy atom. The van der Waals surface area contributed by atoms with Crippen molar-refractivity contribution in [2.24, 2.45) is 0 Å². The molecular formula is C22H20N2O3. The van der Waals surface area contributed by atoms with Gasteiger partial charge in [-0.1, -0.05) is 66.7 Å². The van der Waals surface area contributed by atoms with Gasteiger partial charge in [0.1, 0.15) is 0 Å². The van der Waals surface area contributed by atoms with Crippen molar-refractivity contribution >= 4 is 17.3 Å². The van der Waals surface area contributed by atoms with Crippen LogP contribution in [-0.2, 0) is 4.79 Å². The van der Waals surface area contributed by atoms with Gasteiger partial charge < -0.3 is 5.32 Å². The lowest BCUT2D eigenvalue weighted by Crippen LogP contribution is -2.17. The van der Waals surface area contributed by atoms with Crippen LogP contribution in [0.15, 0.2) is 78.9 Å². The van der Waals surface area contributed by atoms with Gasteiger partial charge in [0.25, 0.3) is 5.69 Å². The summed E-state index contributed by atoms with van der Waals surface area (Å²) in [6.07, 6.45) is 0.246. The van der Waals surface area contributed by atoms with Crippen LogP contribution in [0, 0.1) is 17.0 Å². The smallest absolute Gasteiger partial charge is 0.274 e. The Balaban J connectivity index is 1.84. The third-order valence-electron chi connectivity index (χ3n) is 4.57. The quantitative estimate of drug-likeness (QED) is 0.493. The number of nitrogens with one attached hydrogen (secondary N) is 1. The molecule has 0 atom stereocenters. The molecule has 0 heterocycles. The van der Waals surface area contributed by atoms with Gasteiger partial charge in [0.2, 0.25) is 5.91 Å². The number of nitro benzene ring substituents is 1. The van der Waals surface area contributed by atoms with E-state index in [2.05, 4.69) is 5.32 Å². The fourth-order valence-corrected chi connectivity index (χ4v) is 3.14. The highest BCUT2D eigenvalue weighted by molar-refractivity contribution is 5.92. The number of carbonyl (C=O) groups is 1. The predicted molar refractivity (Wildman–Crippen MR) is 106 cm³/mol. The van der Waals surface area contributed by atoms with E-state index in [4.69, 9.17) is 0 Å². The molecule has 1 amide bonds. The van der Waals surface area contributed by atoms with Gasteiger partial charge in [0, 0.05) is 18.4 Å². The Morgan fingerprint density at radius 3 is 2.00 bits per heavy atom. The van der Waals surface area contributed by atoms with Gasteiger partial charge >= 0.3 is 0 Å². The van der Waals surface area contributed by atoms with Crippen LogP contribution in [0.5, 0.6) is 0 Å². The number of benzene rings is 3. The van der Waals surface area contributed by atoms with E-state index in [9.17, 15) is 14.9 Å².